The third-order valence-electron chi connectivity index (χ3n) is 2.90. The van der Waals surface area contributed by atoms with Crippen molar-refractivity contribution in [1.29, 1.82) is 0 Å². The molecule has 0 fully saturated rings. The molecule has 88 valence electrons. The van der Waals surface area contributed by atoms with Gasteiger partial charge >= 0.3 is 0 Å². The van der Waals surface area contributed by atoms with Gasteiger partial charge in [0.25, 0.3) is 11.8 Å². The number of carbonyl (C=O) groups excluding carboxylic acids is 2. The van der Waals surface area contributed by atoms with Gasteiger partial charge in [0.2, 0.25) is 0 Å². The van der Waals surface area contributed by atoms with Gasteiger partial charge in [0.1, 0.15) is 5.82 Å². The highest BCUT2D eigenvalue weighted by Gasteiger charge is 2.26. The zero-order valence-electron chi connectivity index (χ0n) is 9.26. The lowest BCUT2D eigenvalue weighted by molar-refractivity contribution is -0.119. The standard InChI is InChI=1S/C14H8FNO2/c15-11-5-6-12(10-4-2-1-3-9(10)11)16-13(17)7-8-14(16)18/h1-8H. The molecular formula is C14H8FNO2. The normalized spacial score (nSPS) is 14.8. The summed E-state index contributed by atoms with van der Waals surface area (Å²) < 4.78 is 13.6. The first-order valence-corrected chi connectivity index (χ1v) is 5.42. The van der Waals surface area contributed by atoms with E-state index in [0.29, 0.717) is 16.5 Å². The first-order valence-electron chi connectivity index (χ1n) is 5.42. The first kappa shape index (κ1) is 10.7. The summed E-state index contributed by atoms with van der Waals surface area (Å²) in [5, 5.41) is 0.936. The first-order chi connectivity index (χ1) is 8.68. The SMILES string of the molecule is O=C1C=CC(=O)N1c1ccc(F)c2ccccc12. The molecule has 0 saturated heterocycles. The average molecular weight is 241 g/mol. The number of rotatable bonds is 1. The van der Waals surface area contributed by atoms with Crippen LogP contribution in [0.15, 0.2) is 48.6 Å². The fraction of sp³-hybridized carbons (Fsp3) is 0. The van der Waals surface area contributed by atoms with Crippen LogP contribution in [-0.4, -0.2) is 11.8 Å². The van der Waals surface area contributed by atoms with E-state index >= 15 is 0 Å². The minimum absolute atomic E-state index is 0.374. The van der Waals surface area contributed by atoms with Crippen LogP contribution in [0.5, 0.6) is 0 Å². The lowest BCUT2D eigenvalue weighted by atomic mass is 10.1. The average Bonchev–Trinajstić information content (AvgIpc) is 2.71. The van der Waals surface area contributed by atoms with E-state index < -0.39 is 11.8 Å². The van der Waals surface area contributed by atoms with Crippen LogP contribution >= 0.6 is 0 Å². The van der Waals surface area contributed by atoms with E-state index in [-0.39, 0.29) is 5.82 Å². The van der Waals surface area contributed by atoms with E-state index in [1.807, 2.05) is 0 Å². The number of fused-ring (bicyclic) bond motifs is 1. The molecule has 0 unspecified atom stereocenters. The number of nitrogens with zero attached hydrogens (tertiary/aromatic N) is 1. The largest absolute Gasteiger partial charge is 0.269 e. The van der Waals surface area contributed by atoms with Gasteiger partial charge in [-0.1, -0.05) is 24.3 Å². The van der Waals surface area contributed by atoms with Gasteiger partial charge in [-0.05, 0) is 12.1 Å². The van der Waals surface area contributed by atoms with Gasteiger partial charge in [-0.25, -0.2) is 9.29 Å². The number of anilines is 1. The Kier molecular flexibility index (Phi) is 2.23. The van der Waals surface area contributed by atoms with Crippen molar-refractivity contribution in [2.45, 2.75) is 0 Å². The fourth-order valence-corrected chi connectivity index (χ4v) is 2.08. The van der Waals surface area contributed by atoms with Crippen molar-refractivity contribution in [2.75, 3.05) is 4.90 Å². The van der Waals surface area contributed by atoms with Crippen molar-refractivity contribution >= 4 is 28.3 Å². The highest BCUT2D eigenvalue weighted by molar-refractivity contribution is 6.30. The molecule has 0 bridgehead atoms. The van der Waals surface area contributed by atoms with Crippen LogP contribution in [0.3, 0.4) is 0 Å². The van der Waals surface area contributed by atoms with Crippen molar-refractivity contribution in [3.05, 3.63) is 54.4 Å². The predicted octanol–water partition coefficient (Wildman–Crippen LogP) is 2.41. The number of hydrogen-bond acceptors (Lipinski definition) is 2. The molecule has 0 saturated carbocycles. The van der Waals surface area contributed by atoms with E-state index in [4.69, 9.17) is 0 Å². The molecule has 4 heteroatoms. The highest BCUT2D eigenvalue weighted by Crippen LogP contribution is 2.30. The van der Waals surface area contributed by atoms with Crippen molar-refractivity contribution in [2.24, 2.45) is 0 Å². The topological polar surface area (TPSA) is 37.4 Å². The molecule has 18 heavy (non-hydrogen) atoms. The third-order valence-corrected chi connectivity index (χ3v) is 2.90. The smallest absolute Gasteiger partial charge is 0.258 e. The minimum Gasteiger partial charge on any atom is -0.269 e. The van der Waals surface area contributed by atoms with Crippen LogP contribution in [-0.2, 0) is 9.59 Å². The molecule has 1 aliphatic heterocycles. The maximum Gasteiger partial charge on any atom is 0.258 e. The summed E-state index contributed by atoms with van der Waals surface area (Å²) in [6, 6.07) is 9.46. The monoisotopic (exact) mass is 241 g/mol. The van der Waals surface area contributed by atoms with Gasteiger partial charge in [-0.15, -0.1) is 0 Å². The molecule has 3 rings (SSSR count). The molecule has 0 aromatic heterocycles. The molecule has 1 heterocycles. The summed E-state index contributed by atoms with van der Waals surface area (Å²) in [6.45, 7) is 0. The number of benzene rings is 2. The van der Waals surface area contributed by atoms with E-state index in [1.54, 1.807) is 24.3 Å². The van der Waals surface area contributed by atoms with Gasteiger partial charge in [-0.3, -0.25) is 9.59 Å². The Morgan fingerprint density at radius 3 is 2.11 bits per heavy atom. The quantitative estimate of drug-likeness (QED) is 0.719. The summed E-state index contributed by atoms with van der Waals surface area (Å²) in [6.07, 6.45) is 2.42. The van der Waals surface area contributed by atoms with Crippen molar-refractivity contribution < 1.29 is 14.0 Å². The number of halogens is 1. The predicted molar refractivity (Wildman–Crippen MR) is 65.5 cm³/mol. The molecule has 0 atom stereocenters. The number of hydrogen-bond donors (Lipinski definition) is 0. The summed E-state index contributed by atoms with van der Waals surface area (Å²) in [7, 11) is 0. The van der Waals surface area contributed by atoms with E-state index in [9.17, 15) is 14.0 Å². The van der Waals surface area contributed by atoms with Crippen LogP contribution in [0.4, 0.5) is 10.1 Å². The van der Waals surface area contributed by atoms with E-state index in [2.05, 4.69) is 0 Å². The van der Waals surface area contributed by atoms with Crippen molar-refractivity contribution in [3.63, 3.8) is 0 Å². The molecule has 0 N–H and O–H groups in total. The second-order valence-electron chi connectivity index (χ2n) is 3.96. The number of carbonyl (C=O) groups is 2. The second-order valence-corrected chi connectivity index (χ2v) is 3.96. The third kappa shape index (κ3) is 1.43. The van der Waals surface area contributed by atoms with Crippen molar-refractivity contribution in [1.82, 2.24) is 0 Å². The summed E-state index contributed by atoms with van der Waals surface area (Å²) in [5.41, 5.74) is 0.409. The van der Waals surface area contributed by atoms with Crippen LogP contribution in [0, 0.1) is 5.82 Å². The van der Waals surface area contributed by atoms with Gasteiger partial charge in [0, 0.05) is 22.9 Å². The van der Waals surface area contributed by atoms with Crippen LogP contribution in [0.25, 0.3) is 10.8 Å². The lowest BCUT2D eigenvalue weighted by Gasteiger charge is -2.16. The Morgan fingerprint density at radius 1 is 0.833 bits per heavy atom. The maximum absolute atomic E-state index is 13.6. The van der Waals surface area contributed by atoms with Crippen LogP contribution < -0.4 is 4.90 Å². The Morgan fingerprint density at radius 2 is 1.44 bits per heavy atom. The Labute approximate surface area is 102 Å². The molecule has 1 aliphatic rings. The number of imide groups is 1. The Bertz CT molecular complexity index is 688. The summed E-state index contributed by atoms with van der Waals surface area (Å²) in [4.78, 5) is 24.3. The lowest BCUT2D eigenvalue weighted by Crippen LogP contribution is -2.29. The van der Waals surface area contributed by atoms with Crippen LogP contribution in [0.1, 0.15) is 0 Å². The van der Waals surface area contributed by atoms with Gasteiger partial charge in [0.15, 0.2) is 0 Å². The van der Waals surface area contributed by atoms with Crippen LogP contribution in [0.2, 0.25) is 0 Å². The van der Waals surface area contributed by atoms with E-state index in [1.165, 1.54) is 24.3 Å². The maximum atomic E-state index is 13.6. The fourth-order valence-electron chi connectivity index (χ4n) is 2.08. The van der Waals surface area contributed by atoms with Gasteiger partial charge < -0.3 is 0 Å². The molecule has 3 nitrogen and oxygen atoms in total. The zero-order chi connectivity index (χ0) is 12.7. The second kappa shape index (κ2) is 3.77. The molecule has 0 radical (unpaired) electrons. The summed E-state index contributed by atoms with van der Waals surface area (Å²) in [5.74, 6) is -1.19. The van der Waals surface area contributed by atoms with Gasteiger partial charge in [-0.2, -0.15) is 0 Å². The van der Waals surface area contributed by atoms with E-state index in [0.717, 1.165) is 4.90 Å². The molecule has 2 aromatic rings. The molecular weight excluding hydrogens is 233 g/mol. The summed E-state index contributed by atoms with van der Waals surface area (Å²) >= 11 is 0. The minimum atomic E-state index is -0.406. The van der Waals surface area contributed by atoms with Gasteiger partial charge in [0.05, 0.1) is 5.69 Å². The van der Waals surface area contributed by atoms with Crippen molar-refractivity contribution in [3.8, 4) is 0 Å². The number of amides is 2. The molecule has 2 amide bonds. The Hall–Kier alpha value is -2.49. The Balaban J connectivity index is 2.28. The zero-order valence-corrected chi connectivity index (χ0v) is 9.26. The highest BCUT2D eigenvalue weighted by atomic mass is 19.1. The molecule has 0 spiro atoms. The molecule has 2 aromatic carbocycles. The molecule has 0 aliphatic carbocycles.